The molecular weight excluding hydrogens is 396 g/mol. The second-order valence-corrected chi connectivity index (χ2v) is 8.21. The van der Waals surface area contributed by atoms with E-state index in [9.17, 15) is 18.0 Å². The van der Waals surface area contributed by atoms with Crippen LogP contribution in [0.2, 0.25) is 0 Å². The van der Waals surface area contributed by atoms with Crippen LogP contribution in [-0.4, -0.2) is 26.9 Å². The van der Waals surface area contributed by atoms with Gasteiger partial charge in [0.15, 0.2) is 6.61 Å². The zero-order valence-corrected chi connectivity index (χ0v) is 16.7. The van der Waals surface area contributed by atoms with Crippen molar-refractivity contribution in [3.8, 4) is 0 Å². The molecule has 0 saturated heterocycles. The van der Waals surface area contributed by atoms with Gasteiger partial charge in [0.05, 0.1) is 17.6 Å². The second kappa shape index (κ2) is 8.06. The first-order valence-corrected chi connectivity index (χ1v) is 10.2. The topological polar surface area (TPSA) is 129 Å². The number of anilines is 1. The Bertz CT molecular complexity index is 1180. The van der Waals surface area contributed by atoms with Crippen molar-refractivity contribution in [3.05, 3.63) is 59.4 Å². The normalized spacial score (nSPS) is 11.4. The number of amides is 1. The molecule has 8 nitrogen and oxygen atoms in total. The predicted molar refractivity (Wildman–Crippen MR) is 107 cm³/mol. The van der Waals surface area contributed by atoms with Gasteiger partial charge in [-0.2, -0.15) is 0 Å². The standard InChI is InChI=1S/C20H20N2O6S/c1-12-7-17-14(10-27-18(17)8-13(12)2)9-20(24)28-11-19(23)22-15-3-5-16(6-4-15)29(21,25)26/h3-8,10H,9,11H2,1-2H3,(H,22,23)(H2,21,25,26). The number of carbonyl (C=O) groups is 2. The minimum absolute atomic E-state index is 0.0220. The number of esters is 1. The molecule has 0 unspecified atom stereocenters. The van der Waals surface area contributed by atoms with Crippen LogP contribution < -0.4 is 10.5 Å². The number of primary sulfonamides is 1. The number of fused-ring (bicyclic) bond motifs is 1. The van der Waals surface area contributed by atoms with Gasteiger partial charge in [0.2, 0.25) is 10.0 Å². The van der Waals surface area contributed by atoms with Gasteiger partial charge in [-0.15, -0.1) is 0 Å². The molecule has 3 N–H and O–H groups in total. The Balaban J connectivity index is 1.55. The van der Waals surface area contributed by atoms with E-state index in [0.717, 1.165) is 16.5 Å². The third-order valence-corrected chi connectivity index (χ3v) is 5.36. The highest BCUT2D eigenvalue weighted by Gasteiger charge is 2.14. The van der Waals surface area contributed by atoms with Gasteiger partial charge in [-0.3, -0.25) is 9.59 Å². The van der Waals surface area contributed by atoms with Crippen LogP contribution in [0.25, 0.3) is 11.0 Å². The lowest BCUT2D eigenvalue weighted by Crippen LogP contribution is -2.21. The monoisotopic (exact) mass is 416 g/mol. The number of hydrogen-bond acceptors (Lipinski definition) is 6. The van der Waals surface area contributed by atoms with Crippen molar-refractivity contribution in [2.75, 3.05) is 11.9 Å². The van der Waals surface area contributed by atoms with Gasteiger partial charge in [-0.05, 0) is 61.4 Å². The summed E-state index contributed by atoms with van der Waals surface area (Å²) in [4.78, 5) is 24.0. The maximum atomic E-state index is 12.1. The summed E-state index contributed by atoms with van der Waals surface area (Å²) in [7, 11) is -3.81. The molecule has 1 heterocycles. The van der Waals surface area contributed by atoms with Gasteiger partial charge in [-0.25, -0.2) is 13.6 Å². The number of rotatable bonds is 6. The van der Waals surface area contributed by atoms with Crippen LogP contribution in [0.3, 0.4) is 0 Å². The van der Waals surface area contributed by atoms with Crippen LogP contribution in [0.1, 0.15) is 16.7 Å². The zero-order chi connectivity index (χ0) is 21.2. The first-order valence-electron chi connectivity index (χ1n) is 8.69. The number of aryl methyl sites for hydroxylation is 2. The fourth-order valence-electron chi connectivity index (χ4n) is 2.75. The molecular formula is C20H20N2O6S. The lowest BCUT2D eigenvalue weighted by Gasteiger charge is -2.07. The molecule has 2 aromatic carbocycles. The lowest BCUT2D eigenvalue weighted by molar-refractivity contribution is -0.146. The van der Waals surface area contributed by atoms with E-state index < -0.39 is 28.5 Å². The predicted octanol–water partition coefficient (Wildman–Crippen LogP) is 2.42. The maximum Gasteiger partial charge on any atom is 0.310 e. The maximum absolute atomic E-state index is 12.1. The quantitative estimate of drug-likeness (QED) is 0.594. The van der Waals surface area contributed by atoms with Gasteiger partial charge in [0.1, 0.15) is 5.58 Å². The molecule has 29 heavy (non-hydrogen) atoms. The molecule has 0 spiro atoms. The Morgan fingerprint density at radius 1 is 1.10 bits per heavy atom. The van der Waals surface area contributed by atoms with E-state index >= 15 is 0 Å². The van der Waals surface area contributed by atoms with Crippen molar-refractivity contribution >= 4 is 38.6 Å². The van der Waals surface area contributed by atoms with Gasteiger partial charge in [0, 0.05) is 16.6 Å². The molecule has 9 heteroatoms. The van der Waals surface area contributed by atoms with Crippen LogP contribution in [0.4, 0.5) is 5.69 Å². The summed E-state index contributed by atoms with van der Waals surface area (Å²) >= 11 is 0. The molecule has 1 amide bonds. The summed E-state index contributed by atoms with van der Waals surface area (Å²) in [6, 6.07) is 9.18. The Hall–Kier alpha value is -3.17. The third-order valence-electron chi connectivity index (χ3n) is 4.44. The van der Waals surface area contributed by atoms with E-state index in [1.807, 2.05) is 26.0 Å². The molecule has 0 fully saturated rings. The van der Waals surface area contributed by atoms with E-state index in [0.29, 0.717) is 16.8 Å². The minimum Gasteiger partial charge on any atom is -0.464 e. The van der Waals surface area contributed by atoms with Crippen molar-refractivity contribution in [1.82, 2.24) is 0 Å². The number of ether oxygens (including phenoxy) is 1. The average Bonchev–Trinajstić information content (AvgIpc) is 3.01. The number of nitrogens with one attached hydrogen (secondary N) is 1. The molecule has 0 radical (unpaired) electrons. The highest BCUT2D eigenvalue weighted by atomic mass is 32.2. The SMILES string of the molecule is Cc1cc2occ(CC(=O)OCC(=O)Nc3ccc(S(N)(=O)=O)cc3)c2cc1C. The smallest absolute Gasteiger partial charge is 0.310 e. The Kier molecular flexibility index (Phi) is 5.71. The molecule has 3 rings (SSSR count). The number of sulfonamides is 1. The molecule has 3 aromatic rings. The van der Waals surface area contributed by atoms with Gasteiger partial charge < -0.3 is 14.5 Å². The fourth-order valence-corrected chi connectivity index (χ4v) is 3.27. The Labute approximate surface area is 167 Å². The van der Waals surface area contributed by atoms with E-state index in [1.54, 1.807) is 0 Å². The average molecular weight is 416 g/mol. The number of furan rings is 1. The molecule has 0 aliphatic rings. The summed E-state index contributed by atoms with van der Waals surface area (Å²) in [5, 5.41) is 8.36. The highest BCUT2D eigenvalue weighted by Crippen LogP contribution is 2.25. The van der Waals surface area contributed by atoms with Crippen molar-refractivity contribution in [2.45, 2.75) is 25.2 Å². The van der Waals surface area contributed by atoms with E-state index in [2.05, 4.69) is 5.32 Å². The van der Waals surface area contributed by atoms with Gasteiger partial charge in [0.25, 0.3) is 5.91 Å². The largest absolute Gasteiger partial charge is 0.464 e. The van der Waals surface area contributed by atoms with E-state index in [1.165, 1.54) is 30.5 Å². The first kappa shape index (κ1) is 20.6. The molecule has 152 valence electrons. The van der Waals surface area contributed by atoms with E-state index in [4.69, 9.17) is 14.3 Å². The van der Waals surface area contributed by atoms with Crippen molar-refractivity contribution in [2.24, 2.45) is 5.14 Å². The van der Waals surface area contributed by atoms with Gasteiger partial charge >= 0.3 is 5.97 Å². The lowest BCUT2D eigenvalue weighted by atomic mass is 10.0. The number of nitrogens with two attached hydrogens (primary N) is 1. The summed E-state index contributed by atoms with van der Waals surface area (Å²) in [6.07, 6.45) is 1.49. The zero-order valence-electron chi connectivity index (χ0n) is 15.9. The molecule has 0 atom stereocenters. The molecule has 0 aliphatic carbocycles. The van der Waals surface area contributed by atoms with Crippen molar-refractivity contribution < 1.29 is 27.2 Å². The third kappa shape index (κ3) is 5.01. The molecule has 0 bridgehead atoms. The fraction of sp³-hybridized carbons (Fsp3) is 0.200. The van der Waals surface area contributed by atoms with Crippen LogP contribution in [0.15, 0.2) is 52.0 Å². The number of hydrogen-bond donors (Lipinski definition) is 2. The summed E-state index contributed by atoms with van der Waals surface area (Å²) in [6.45, 7) is 3.49. The van der Waals surface area contributed by atoms with Crippen LogP contribution >= 0.6 is 0 Å². The molecule has 1 aromatic heterocycles. The molecule has 0 saturated carbocycles. The Morgan fingerprint density at radius 3 is 2.41 bits per heavy atom. The Morgan fingerprint density at radius 2 is 1.76 bits per heavy atom. The second-order valence-electron chi connectivity index (χ2n) is 6.65. The van der Waals surface area contributed by atoms with Crippen molar-refractivity contribution in [3.63, 3.8) is 0 Å². The van der Waals surface area contributed by atoms with Crippen LogP contribution in [0, 0.1) is 13.8 Å². The first-order chi connectivity index (χ1) is 13.6. The summed E-state index contributed by atoms with van der Waals surface area (Å²) in [5.74, 6) is -1.11. The van der Waals surface area contributed by atoms with E-state index in [-0.39, 0.29) is 11.3 Å². The summed E-state index contributed by atoms with van der Waals surface area (Å²) < 4.78 is 32.9. The minimum atomic E-state index is -3.81. The highest BCUT2D eigenvalue weighted by molar-refractivity contribution is 7.89. The van der Waals surface area contributed by atoms with Crippen molar-refractivity contribution in [1.29, 1.82) is 0 Å². The van der Waals surface area contributed by atoms with Gasteiger partial charge in [-0.1, -0.05) is 0 Å². The number of carbonyl (C=O) groups excluding carboxylic acids is 2. The molecule has 0 aliphatic heterocycles. The van der Waals surface area contributed by atoms with Crippen LogP contribution in [-0.2, 0) is 30.8 Å². The van der Waals surface area contributed by atoms with Crippen LogP contribution in [0.5, 0.6) is 0 Å². The number of benzene rings is 2. The summed E-state index contributed by atoms with van der Waals surface area (Å²) in [5.41, 5.74) is 3.91.